The molecule has 2 saturated heterocycles. The molecular formula is C6H6N4O3. The van der Waals surface area contributed by atoms with Crippen LogP contribution < -0.4 is 10.6 Å². The van der Waals surface area contributed by atoms with Gasteiger partial charge >= 0.3 is 11.8 Å². The number of hydrogen-bond donors (Lipinski definition) is 2. The molecule has 2 rings (SSSR count). The minimum atomic E-state index is -0.719. The molecule has 2 fully saturated rings. The summed E-state index contributed by atoms with van der Waals surface area (Å²) in [4.78, 5) is 21.3. The van der Waals surface area contributed by atoms with Crippen LogP contribution in [-0.4, -0.2) is 36.7 Å². The number of carbonyl (C=O) groups excluding carboxylic acids is 2. The van der Waals surface area contributed by atoms with E-state index in [0.717, 1.165) is 5.71 Å². The van der Waals surface area contributed by atoms with Crippen molar-refractivity contribution < 1.29 is 14.3 Å². The summed E-state index contributed by atoms with van der Waals surface area (Å²) in [5.41, 5.74) is 0.780. The Morgan fingerprint density at radius 3 is 2.15 bits per heavy atom. The van der Waals surface area contributed by atoms with E-state index >= 15 is 0 Å². The Morgan fingerprint density at radius 2 is 1.69 bits per heavy atom. The molecule has 0 saturated carbocycles. The standard InChI is InChI=1S/C6H6N4O3/c11-4-5(12)8-6(7-4)10-9-3-1-13-2-3/h1-2H2,(H2,7,8,10,11,12). The lowest BCUT2D eigenvalue weighted by Crippen LogP contribution is -2.29. The fraction of sp³-hybridized carbons (Fsp3) is 0.333. The van der Waals surface area contributed by atoms with Gasteiger partial charge in [0.05, 0.1) is 18.9 Å². The lowest BCUT2D eigenvalue weighted by Gasteiger charge is -2.13. The first-order valence-electron chi connectivity index (χ1n) is 3.59. The van der Waals surface area contributed by atoms with Crippen LogP contribution in [0.2, 0.25) is 0 Å². The predicted molar refractivity (Wildman–Crippen MR) is 42.0 cm³/mol. The zero-order valence-electron chi connectivity index (χ0n) is 6.53. The molecule has 0 unspecified atom stereocenters. The van der Waals surface area contributed by atoms with E-state index in [9.17, 15) is 9.59 Å². The molecule has 7 heteroatoms. The highest BCUT2D eigenvalue weighted by Crippen LogP contribution is 1.96. The van der Waals surface area contributed by atoms with Gasteiger partial charge in [-0.1, -0.05) is 0 Å². The van der Waals surface area contributed by atoms with Gasteiger partial charge in [0, 0.05) is 0 Å². The van der Waals surface area contributed by atoms with Crippen LogP contribution in [0, 0.1) is 0 Å². The van der Waals surface area contributed by atoms with Gasteiger partial charge in [0.25, 0.3) is 0 Å². The van der Waals surface area contributed by atoms with Gasteiger partial charge in [0.1, 0.15) is 0 Å². The average molecular weight is 182 g/mol. The maximum atomic E-state index is 10.6. The molecule has 2 heterocycles. The molecule has 2 amide bonds. The smallest absolute Gasteiger partial charge is 0.316 e. The van der Waals surface area contributed by atoms with Gasteiger partial charge in [0.15, 0.2) is 0 Å². The highest BCUT2D eigenvalue weighted by atomic mass is 16.5. The summed E-state index contributed by atoms with van der Waals surface area (Å²) in [5, 5.41) is 11.8. The quantitative estimate of drug-likeness (QED) is 0.362. The molecular weight excluding hydrogens is 176 g/mol. The van der Waals surface area contributed by atoms with Crippen LogP contribution in [0.3, 0.4) is 0 Å². The van der Waals surface area contributed by atoms with E-state index in [1.807, 2.05) is 0 Å². The summed E-state index contributed by atoms with van der Waals surface area (Å²) in [6, 6.07) is 0. The second kappa shape index (κ2) is 2.94. The molecule has 0 aromatic rings. The maximum Gasteiger partial charge on any atom is 0.316 e. The summed E-state index contributed by atoms with van der Waals surface area (Å²) in [7, 11) is 0. The molecule has 7 nitrogen and oxygen atoms in total. The summed E-state index contributed by atoms with van der Waals surface area (Å²) in [6.45, 7) is 0.914. The van der Waals surface area contributed by atoms with Crippen LogP contribution >= 0.6 is 0 Å². The van der Waals surface area contributed by atoms with E-state index < -0.39 is 11.8 Å². The minimum absolute atomic E-state index is 0.0643. The molecule has 0 aromatic carbocycles. The van der Waals surface area contributed by atoms with Gasteiger partial charge in [-0.15, -0.1) is 5.10 Å². The predicted octanol–water partition coefficient (Wildman–Crippen LogP) is -2.03. The summed E-state index contributed by atoms with van der Waals surface area (Å²) < 4.78 is 4.82. The van der Waals surface area contributed by atoms with E-state index in [1.54, 1.807) is 0 Å². The number of nitrogens with one attached hydrogen (secondary N) is 2. The Balaban J connectivity index is 2.02. The summed E-state index contributed by atoms with van der Waals surface area (Å²) >= 11 is 0. The zero-order valence-corrected chi connectivity index (χ0v) is 6.53. The molecule has 2 aliphatic heterocycles. The van der Waals surface area contributed by atoms with E-state index in [4.69, 9.17) is 4.74 Å². The van der Waals surface area contributed by atoms with E-state index in [0.29, 0.717) is 13.2 Å². The van der Waals surface area contributed by atoms with Crippen molar-refractivity contribution in [2.24, 2.45) is 10.2 Å². The van der Waals surface area contributed by atoms with E-state index in [-0.39, 0.29) is 5.96 Å². The molecule has 68 valence electrons. The first kappa shape index (κ1) is 7.87. The normalized spacial score (nSPS) is 20.6. The monoisotopic (exact) mass is 182 g/mol. The third-order valence-corrected chi connectivity index (χ3v) is 1.50. The molecule has 0 bridgehead atoms. The Morgan fingerprint density at radius 1 is 1.08 bits per heavy atom. The number of carbonyl (C=O) groups is 2. The second-order valence-corrected chi connectivity index (χ2v) is 2.52. The third-order valence-electron chi connectivity index (χ3n) is 1.50. The van der Waals surface area contributed by atoms with Crippen LogP contribution in [0.4, 0.5) is 0 Å². The number of nitrogens with zero attached hydrogens (tertiary/aromatic N) is 2. The number of hydrogen-bond acceptors (Lipinski definition) is 5. The van der Waals surface area contributed by atoms with Gasteiger partial charge in [-0.3, -0.25) is 20.2 Å². The van der Waals surface area contributed by atoms with Gasteiger partial charge in [-0.2, -0.15) is 5.10 Å². The van der Waals surface area contributed by atoms with Gasteiger partial charge in [-0.25, -0.2) is 0 Å². The van der Waals surface area contributed by atoms with E-state index in [2.05, 4.69) is 20.8 Å². The van der Waals surface area contributed by atoms with Gasteiger partial charge < -0.3 is 4.74 Å². The largest absolute Gasteiger partial charge is 0.369 e. The van der Waals surface area contributed by atoms with Crippen molar-refractivity contribution in [3.63, 3.8) is 0 Å². The number of guanidine groups is 1. The van der Waals surface area contributed by atoms with Gasteiger partial charge in [-0.05, 0) is 0 Å². The number of rotatable bonds is 1. The van der Waals surface area contributed by atoms with E-state index in [1.165, 1.54) is 0 Å². The molecule has 0 atom stereocenters. The highest BCUT2D eigenvalue weighted by molar-refractivity contribution is 6.45. The van der Waals surface area contributed by atoms with Crippen molar-refractivity contribution in [1.82, 2.24) is 10.6 Å². The SMILES string of the molecule is O=C1NC(=NN=C2COC2)NC1=O. The Bertz CT molecular complexity index is 309. The van der Waals surface area contributed by atoms with Crippen LogP contribution in [-0.2, 0) is 14.3 Å². The lowest BCUT2D eigenvalue weighted by molar-refractivity contribution is -0.135. The summed E-state index contributed by atoms with van der Waals surface area (Å²) in [5.74, 6) is -1.37. The fourth-order valence-electron chi connectivity index (χ4n) is 0.782. The molecule has 0 aliphatic carbocycles. The van der Waals surface area contributed by atoms with Crippen molar-refractivity contribution in [2.45, 2.75) is 0 Å². The van der Waals surface area contributed by atoms with Crippen LogP contribution in [0.5, 0.6) is 0 Å². The first-order valence-corrected chi connectivity index (χ1v) is 3.59. The molecule has 2 aliphatic rings. The van der Waals surface area contributed by atoms with Crippen molar-refractivity contribution in [2.75, 3.05) is 13.2 Å². The van der Waals surface area contributed by atoms with Crippen molar-refractivity contribution in [3.8, 4) is 0 Å². The first-order chi connectivity index (χ1) is 6.25. The average Bonchev–Trinajstić information content (AvgIpc) is 2.28. The number of amides is 2. The zero-order chi connectivity index (χ0) is 9.26. The van der Waals surface area contributed by atoms with Crippen molar-refractivity contribution >= 4 is 23.5 Å². The highest BCUT2D eigenvalue weighted by Gasteiger charge is 2.25. The fourth-order valence-corrected chi connectivity index (χ4v) is 0.782. The number of ether oxygens (including phenoxy) is 1. The van der Waals surface area contributed by atoms with Crippen LogP contribution in [0.1, 0.15) is 0 Å². The molecule has 2 N–H and O–H groups in total. The lowest BCUT2D eigenvalue weighted by atomic mass is 10.3. The summed E-state index contributed by atoms with van der Waals surface area (Å²) in [6.07, 6.45) is 0. The van der Waals surface area contributed by atoms with Crippen molar-refractivity contribution in [3.05, 3.63) is 0 Å². The third kappa shape index (κ3) is 1.54. The van der Waals surface area contributed by atoms with Crippen molar-refractivity contribution in [1.29, 1.82) is 0 Å². The minimum Gasteiger partial charge on any atom is -0.369 e. The van der Waals surface area contributed by atoms with Gasteiger partial charge in [0.2, 0.25) is 5.96 Å². The maximum absolute atomic E-state index is 10.6. The Labute approximate surface area is 72.8 Å². The Kier molecular flexibility index (Phi) is 1.78. The topological polar surface area (TPSA) is 92.2 Å². The Hall–Kier alpha value is -1.76. The second-order valence-electron chi connectivity index (χ2n) is 2.52. The molecule has 13 heavy (non-hydrogen) atoms. The molecule has 0 radical (unpaired) electrons. The molecule has 0 spiro atoms. The van der Waals surface area contributed by atoms with Crippen LogP contribution in [0.15, 0.2) is 10.2 Å². The molecule has 0 aromatic heterocycles. The van der Waals surface area contributed by atoms with Crippen LogP contribution in [0.25, 0.3) is 0 Å².